The van der Waals surface area contributed by atoms with E-state index in [0.29, 0.717) is 37.6 Å². The maximum absolute atomic E-state index is 14.0. The summed E-state index contributed by atoms with van der Waals surface area (Å²) < 4.78 is 39.5. The van der Waals surface area contributed by atoms with Crippen LogP contribution in [0.3, 0.4) is 0 Å². The third-order valence-electron chi connectivity index (χ3n) is 5.65. The van der Waals surface area contributed by atoms with Gasteiger partial charge in [0.05, 0.1) is 27.3 Å². The number of fused-ring (bicyclic) bond motifs is 1. The highest BCUT2D eigenvalue weighted by atomic mass is 32.2. The number of nitrogens with one attached hydrogen (secondary N) is 1. The number of hydrogen-bond acceptors (Lipinski definition) is 6. The molecule has 0 saturated carbocycles. The predicted molar refractivity (Wildman–Crippen MR) is 122 cm³/mol. The van der Waals surface area contributed by atoms with Crippen LogP contribution < -0.4 is 10.2 Å². The van der Waals surface area contributed by atoms with E-state index in [1.165, 1.54) is 30.0 Å². The van der Waals surface area contributed by atoms with Gasteiger partial charge in [0.2, 0.25) is 11.8 Å². The van der Waals surface area contributed by atoms with Gasteiger partial charge >= 0.3 is 0 Å². The fourth-order valence-electron chi connectivity index (χ4n) is 3.78. The lowest BCUT2D eigenvalue weighted by molar-refractivity contribution is -0.131. The minimum atomic E-state index is -3.69. The molecule has 1 saturated heterocycles. The van der Waals surface area contributed by atoms with Gasteiger partial charge in [-0.3, -0.25) is 9.59 Å². The van der Waals surface area contributed by atoms with E-state index >= 15 is 0 Å². The molecule has 0 aliphatic carbocycles. The molecule has 0 unspecified atom stereocenters. The van der Waals surface area contributed by atoms with Gasteiger partial charge in [0.15, 0.2) is 9.84 Å². The van der Waals surface area contributed by atoms with E-state index in [1.54, 1.807) is 36.1 Å². The molecule has 0 spiro atoms. The van der Waals surface area contributed by atoms with Crippen molar-refractivity contribution in [3.63, 3.8) is 0 Å². The van der Waals surface area contributed by atoms with Crippen molar-refractivity contribution in [2.45, 2.75) is 28.4 Å². The molecule has 10 heteroatoms. The molecule has 2 amide bonds. The first kappa shape index (κ1) is 22.6. The Morgan fingerprint density at radius 1 is 1.16 bits per heavy atom. The number of amides is 2. The minimum absolute atomic E-state index is 0.0869. The fourth-order valence-corrected chi connectivity index (χ4v) is 5.97. The summed E-state index contributed by atoms with van der Waals surface area (Å²) in [4.78, 5) is 28.9. The van der Waals surface area contributed by atoms with Gasteiger partial charge in [-0.15, -0.1) is 11.8 Å². The van der Waals surface area contributed by atoms with Gasteiger partial charge in [-0.25, -0.2) is 12.8 Å². The highest BCUT2D eigenvalue weighted by molar-refractivity contribution is 8.01. The van der Waals surface area contributed by atoms with Crippen molar-refractivity contribution in [2.24, 2.45) is 0 Å². The lowest BCUT2D eigenvalue weighted by Gasteiger charge is -2.36. The molecule has 2 aliphatic heterocycles. The molecule has 32 heavy (non-hydrogen) atoms. The molecule has 0 bridgehead atoms. The SMILES string of the molecule is C[C@H]1Sc2ccc(S(=O)(=O)CCC(=O)N3CCN(c4ccccc4F)CC3)cc2NC1=O. The lowest BCUT2D eigenvalue weighted by Crippen LogP contribution is -2.49. The van der Waals surface area contributed by atoms with Gasteiger partial charge in [0, 0.05) is 37.5 Å². The van der Waals surface area contributed by atoms with E-state index in [2.05, 4.69) is 5.32 Å². The summed E-state index contributed by atoms with van der Waals surface area (Å²) >= 11 is 1.38. The molecular weight excluding hydrogens is 453 g/mol. The monoisotopic (exact) mass is 477 g/mol. The Morgan fingerprint density at radius 2 is 1.88 bits per heavy atom. The molecule has 2 aliphatic rings. The Balaban J connectivity index is 1.34. The number of anilines is 2. The van der Waals surface area contributed by atoms with Gasteiger partial charge in [-0.2, -0.15) is 0 Å². The second-order valence-corrected chi connectivity index (χ2v) is 11.3. The minimum Gasteiger partial charge on any atom is -0.366 e. The van der Waals surface area contributed by atoms with E-state index in [0.717, 1.165) is 4.90 Å². The third kappa shape index (κ3) is 4.75. The summed E-state index contributed by atoms with van der Waals surface area (Å²) in [5.41, 5.74) is 0.990. The summed E-state index contributed by atoms with van der Waals surface area (Å²) in [6.07, 6.45) is -0.128. The summed E-state index contributed by atoms with van der Waals surface area (Å²) in [6, 6.07) is 11.2. The molecule has 2 aromatic rings. The molecule has 1 fully saturated rings. The van der Waals surface area contributed by atoms with Crippen LogP contribution in [0.5, 0.6) is 0 Å². The molecule has 7 nitrogen and oxygen atoms in total. The summed E-state index contributed by atoms with van der Waals surface area (Å²) in [5, 5.41) is 2.49. The number of sulfone groups is 1. The maximum atomic E-state index is 14.0. The van der Waals surface area contributed by atoms with Crippen molar-refractivity contribution in [1.29, 1.82) is 0 Å². The van der Waals surface area contributed by atoms with Crippen LogP contribution in [0.1, 0.15) is 13.3 Å². The zero-order chi connectivity index (χ0) is 22.9. The van der Waals surface area contributed by atoms with Crippen molar-refractivity contribution < 1.29 is 22.4 Å². The number of rotatable bonds is 5. The quantitative estimate of drug-likeness (QED) is 0.713. The number of carbonyl (C=O) groups is 2. The average molecular weight is 478 g/mol. The van der Waals surface area contributed by atoms with Crippen molar-refractivity contribution in [1.82, 2.24) is 4.90 Å². The van der Waals surface area contributed by atoms with Gasteiger partial charge in [0.25, 0.3) is 0 Å². The molecule has 0 aromatic heterocycles. The fraction of sp³-hybridized carbons (Fsp3) is 0.364. The van der Waals surface area contributed by atoms with Gasteiger partial charge < -0.3 is 15.1 Å². The van der Waals surface area contributed by atoms with Gasteiger partial charge in [-0.1, -0.05) is 12.1 Å². The van der Waals surface area contributed by atoms with E-state index in [-0.39, 0.29) is 40.0 Å². The first-order valence-corrected chi connectivity index (χ1v) is 12.9. The zero-order valence-corrected chi connectivity index (χ0v) is 19.2. The summed E-state index contributed by atoms with van der Waals surface area (Å²) in [5.74, 6) is -1.01. The van der Waals surface area contributed by atoms with Crippen molar-refractivity contribution in [3.8, 4) is 0 Å². The van der Waals surface area contributed by atoms with Crippen molar-refractivity contribution >= 4 is 44.8 Å². The smallest absolute Gasteiger partial charge is 0.237 e. The topological polar surface area (TPSA) is 86.8 Å². The Morgan fingerprint density at radius 3 is 2.59 bits per heavy atom. The van der Waals surface area contributed by atoms with Gasteiger partial charge in [0.1, 0.15) is 5.82 Å². The average Bonchev–Trinajstić information content (AvgIpc) is 2.78. The Hall–Kier alpha value is -2.59. The van der Waals surface area contributed by atoms with Crippen LogP contribution in [-0.2, 0) is 19.4 Å². The molecular formula is C22H24FN3O4S2. The number of nitrogens with zero attached hydrogens (tertiary/aromatic N) is 2. The van der Waals surface area contributed by atoms with Crippen LogP contribution in [0.4, 0.5) is 15.8 Å². The van der Waals surface area contributed by atoms with Crippen LogP contribution in [0.25, 0.3) is 0 Å². The van der Waals surface area contributed by atoms with Crippen molar-refractivity contribution in [3.05, 3.63) is 48.3 Å². The molecule has 1 atom stereocenters. The standard InChI is InChI=1S/C22H24FN3O4S2/c1-15-22(28)24-18-14-16(6-7-20(18)31-15)32(29,30)13-8-21(27)26-11-9-25(10-12-26)19-5-3-2-4-17(19)23/h2-7,14-15H,8-13H2,1H3,(H,24,28)/t15-/m1/s1. The highest BCUT2D eigenvalue weighted by Crippen LogP contribution is 2.37. The highest BCUT2D eigenvalue weighted by Gasteiger charge is 2.27. The van der Waals surface area contributed by atoms with Crippen LogP contribution in [0, 0.1) is 5.82 Å². The Labute approximate surface area is 190 Å². The van der Waals surface area contributed by atoms with Crippen LogP contribution >= 0.6 is 11.8 Å². The second kappa shape index (κ2) is 9.11. The first-order valence-electron chi connectivity index (χ1n) is 10.4. The number of halogens is 1. The predicted octanol–water partition coefficient (Wildman–Crippen LogP) is 2.77. The Kier molecular flexibility index (Phi) is 6.43. The number of carbonyl (C=O) groups excluding carboxylic acids is 2. The largest absolute Gasteiger partial charge is 0.366 e. The normalized spacial score (nSPS) is 18.8. The van der Waals surface area contributed by atoms with Gasteiger partial charge in [-0.05, 0) is 37.3 Å². The number of benzene rings is 2. The van der Waals surface area contributed by atoms with E-state index in [1.807, 2.05) is 4.90 Å². The number of thioether (sulfide) groups is 1. The molecule has 1 N–H and O–H groups in total. The summed E-state index contributed by atoms with van der Waals surface area (Å²) in [6.45, 7) is 3.58. The third-order valence-corrected chi connectivity index (χ3v) is 8.54. The molecule has 4 rings (SSSR count). The lowest BCUT2D eigenvalue weighted by atomic mass is 10.2. The molecule has 0 radical (unpaired) electrons. The molecule has 170 valence electrons. The zero-order valence-electron chi connectivity index (χ0n) is 17.6. The second-order valence-electron chi connectivity index (χ2n) is 7.80. The van der Waals surface area contributed by atoms with E-state index < -0.39 is 9.84 Å². The first-order chi connectivity index (χ1) is 15.2. The maximum Gasteiger partial charge on any atom is 0.237 e. The van der Waals surface area contributed by atoms with Crippen LogP contribution in [-0.4, -0.2) is 62.3 Å². The molecule has 2 aromatic carbocycles. The van der Waals surface area contributed by atoms with Crippen molar-refractivity contribution in [2.75, 3.05) is 42.1 Å². The number of piperazine rings is 1. The van der Waals surface area contributed by atoms with E-state index in [4.69, 9.17) is 0 Å². The Bertz CT molecular complexity index is 1150. The molecule has 2 heterocycles. The van der Waals surface area contributed by atoms with Crippen LogP contribution in [0.2, 0.25) is 0 Å². The number of hydrogen-bond donors (Lipinski definition) is 1. The van der Waals surface area contributed by atoms with E-state index in [9.17, 15) is 22.4 Å². The van der Waals surface area contributed by atoms with Crippen LogP contribution in [0.15, 0.2) is 52.3 Å². The summed E-state index contributed by atoms with van der Waals surface area (Å²) in [7, 11) is -3.69. The number of para-hydroxylation sites is 1.